The molecule has 1 aromatic heterocycles. The van der Waals surface area contributed by atoms with Gasteiger partial charge >= 0.3 is 6.01 Å². The molecule has 0 bridgehead atoms. The summed E-state index contributed by atoms with van der Waals surface area (Å²) < 4.78 is 15.6. The molecule has 0 aliphatic heterocycles. The maximum atomic E-state index is 5.23. The van der Waals surface area contributed by atoms with Crippen molar-refractivity contribution in [3.05, 3.63) is 54.1 Å². The van der Waals surface area contributed by atoms with Crippen LogP contribution in [-0.2, 0) is 6.54 Å². The predicted octanol–water partition coefficient (Wildman–Crippen LogP) is 3.37. The van der Waals surface area contributed by atoms with E-state index in [1.807, 2.05) is 48.5 Å². The monoisotopic (exact) mass is 311 g/mol. The minimum atomic E-state index is 0.366. The molecule has 0 saturated carbocycles. The third kappa shape index (κ3) is 3.60. The number of anilines is 1. The Morgan fingerprint density at radius 3 is 2.52 bits per heavy atom. The molecule has 1 N–H and O–H groups in total. The largest absolute Gasteiger partial charge is 0.497 e. The zero-order valence-corrected chi connectivity index (χ0v) is 12.9. The summed E-state index contributed by atoms with van der Waals surface area (Å²) in [5, 5.41) is 7.08. The smallest absolute Gasteiger partial charge is 0.322 e. The second kappa shape index (κ2) is 6.83. The highest BCUT2D eigenvalue weighted by Crippen LogP contribution is 2.22. The van der Waals surface area contributed by atoms with Gasteiger partial charge in [-0.1, -0.05) is 29.4 Å². The molecule has 6 nitrogen and oxygen atoms in total. The molecule has 0 spiro atoms. The van der Waals surface area contributed by atoms with Gasteiger partial charge in [-0.25, -0.2) is 0 Å². The van der Waals surface area contributed by atoms with Crippen LogP contribution in [0.3, 0.4) is 0 Å². The number of hydrogen-bond donors (Lipinski definition) is 1. The molecule has 0 aliphatic rings. The zero-order valence-electron chi connectivity index (χ0n) is 12.9. The van der Waals surface area contributed by atoms with E-state index in [1.165, 1.54) is 0 Å². The fraction of sp³-hybridized carbons (Fsp3) is 0.176. The first-order valence-corrected chi connectivity index (χ1v) is 7.13. The lowest BCUT2D eigenvalue weighted by Gasteiger charge is -2.04. The molecule has 3 rings (SSSR count). The second-order valence-corrected chi connectivity index (χ2v) is 4.86. The summed E-state index contributed by atoms with van der Waals surface area (Å²) in [4.78, 5) is 4.34. The van der Waals surface area contributed by atoms with Crippen LogP contribution in [0, 0.1) is 0 Å². The van der Waals surface area contributed by atoms with Crippen LogP contribution in [0.4, 0.5) is 6.01 Å². The Hall–Kier alpha value is -3.02. The van der Waals surface area contributed by atoms with Crippen molar-refractivity contribution < 1.29 is 14.0 Å². The molecule has 3 aromatic rings. The first-order chi connectivity index (χ1) is 11.3. The molecule has 0 aliphatic carbocycles. The summed E-state index contributed by atoms with van der Waals surface area (Å²) >= 11 is 0. The van der Waals surface area contributed by atoms with E-state index < -0.39 is 0 Å². The number of aromatic nitrogens is 2. The van der Waals surface area contributed by atoms with Gasteiger partial charge in [-0.2, -0.15) is 4.98 Å². The van der Waals surface area contributed by atoms with Crippen molar-refractivity contribution >= 4 is 6.01 Å². The maximum absolute atomic E-state index is 5.23. The Kier molecular flexibility index (Phi) is 4.42. The van der Waals surface area contributed by atoms with Crippen LogP contribution in [0.5, 0.6) is 11.5 Å². The normalized spacial score (nSPS) is 10.3. The molecule has 6 heteroatoms. The highest BCUT2D eigenvalue weighted by Gasteiger charge is 2.09. The average molecular weight is 311 g/mol. The summed E-state index contributed by atoms with van der Waals surface area (Å²) in [6.07, 6.45) is 0. The van der Waals surface area contributed by atoms with Gasteiger partial charge in [0.05, 0.1) is 14.2 Å². The molecule has 0 atom stereocenters. The van der Waals surface area contributed by atoms with Gasteiger partial charge in [0, 0.05) is 12.1 Å². The highest BCUT2D eigenvalue weighted by atomic mass is 16.5. The van der Waals surface area contributed by atoms with Crippen LogP contribution >= 0.6 is 0 Å². The van der Waals surface area contributed by atoms with E-state index >= 15 is 0 Å². The van der Waals surface area contributed by atoms with Crippen molar-refractivity contribution in [3.8, 4) is 22.9 Å². The quantitative estimate of drug-likeness (QED) is 0.752. The second-order valence-electron chi connectivity index (χ2n) is 4.86. The molecule has 0 saturated heterocycles. The van der Waals surface area contributed by atoms with Crippen molar-refractivity contribution in [2.75, 3.05) is 19.5 Å². The summed E-state index contributed by atoms with van der Waals surface area (Å²) in [6.45, 7) is 0.566. The van der Waals surface area contributed by atoms with Crippen molar-refractivity contribution in [1.29, 1.82) is 0 Å². The number of rotatable bonds is 6. The van der Waals surface area contributed by atoms with Crippen molar-refractivity contribution in [2.45, 2.75) is 6.54 Å². The molecular weight excluding hydrogens is 294 g/mol. The number of ether oxygens (including phenoxy) is 2. The predicted molar refractivity (Wildman–Crippen MR) is 86.6 cm³/mol. The number of methoxy groups -OCH3 is 2. The van der Waals surface area contributed by atoms with Gasteiger partial charge < -0.3 is 19.3 Å². The third-order valence-corrected chi connectivity index (χ3v) is 3.33. The summed E-state index contributed by atoms with van der Waals surface area (Å²) in [5.41, 5.74) is 1.90. The van der Waals surface area contributed by atoms with Gasteiger partial charge in [0.2, 0.25) is 5.82 Å². The van der Waals surface area contributed by atoms with Gasteiger partial charge in [0.1, 0.15) is 11.5 Å². The van der Waals surface area contributed by atoms with Crippen LogP contribution in [0.1, 0.15) is 5.56 Å². The third-order valence-electron chi connectivity index (χ3n) is 3.33. The van der Waals surface area contributed by atoms with Gasteiger partial charge in [-0.05, 0) is 29.8 Å². The Bertz CT molecular complexity index is 786. The van der Waals surface area contributed by atoms with E-state index in [2.05, 4.69) is 15.5 Å². The lowest BCUT2D eigenvalue weighted by molar-refractivity contribution is 0.414. The summed E-state index contributed by atoms with van der Waals surface area (Å²) in [5.74, 6) is 2.07. The number of nitrogens with zero attached hydrogens (tertiary/aromatic N) is 2. The van der Waals surface area contributed by atoms with E-state index in [0.29, 0.717) is 18.4 Å². The van der Waals surface area contributed by atoms with Gasteiger partial charge in [-0.15, -0.1) is 0 Å². The van der Waals surface area contributed by atoms with E-state index in [4.69, 9.17) is 14.0 Å². The molecule has 0 fully saturated rings. The van der Waals surface area contributed by atoms with Gasteiger partial charge in [-0.3, -0.25) is 0 Å². The average Bonchev–Trinajstić information content (AvgIpc) is 3.09. The van der Waals surface area contributed by atoms with Crippen LogP contribution in [0.15, 0.2) is 53.1 Å². The molecule has 1 heterocycles. The molecule has 0 amide bonds. The van der Waals surface area contributed by atoms with Crippen LogP contribution in [-0.4, -0.2) is 24.4 Å². The van der Waals surface area contributed by atoms with Crippen molar-refractivity contribution in [1.82, 2.24) is 10.1 Å². The Balaban J connectivity index is 1.69. The molecule has 23 heavy (non-hydrogen) atoms. The van der Waals surface area contributed by atoms with Gasteiger partial charge in [0.25, 0.3) is 0 Å². The summed E-state index contributed by atoms with van der Waals surface area (Å²) in [6, 6.07) is 15.7. The van der Waals surface area contributed by atoms with E-state index in [-0.39, 0.29) is 0 Å². The Morgan fingerprint density at radius 1 is 1.00 bits per heavy atom. The molecule has 0 radical (unpaired) electrons. The maximum Gasteiger partial charge on any atom is 0.322 e. The lowest BCUT2D eigenvalue weighted by Crippen LogP contribution is -1.99. The van der Waals surface area contributed by atoms with Crippen LogP contribution < -0.4 is 14.8 Å². The molecule has 118 valence electrons. The molecular formula is C17H17N3O3. The standard InChI is InChI=1S/C17H17N3O3/c1-21-14-7-3-5-12(9-14)11-18-17-19-16(20-23-17)13-6-4-8-15(10-13)22-2/h3-10H,11H2,1-2H3,(H,18,19,20). The zero-order chi connectivity index (χ0) is 16.1. The highest BCUT2D eigenvalue weighted by molar-refractivity contribution is 5.57. The Morgan fingerprint density at radius 2 is 1.74 bits per heavy atom. The topological polar surface area (TPSA) is 69.4 Å². The number of benzene rings is 2. The van der Waals surface area contributed by atoms with Gasteiger partial charge in [0.15, 0.2) is 0 Å². The van der Waals surface area contributed by atoms with E-state index in [0.717, 1.165) is 22.6 Å². The summed E-state index contributed by atoms with van der Waals surface area (Å²) in [7, 11) is 3.27. The lowest BCUT2D eigenvalue weighted by atomic mass is 10.2. The minimum absolute atomic E-state index is 0.366. The number of hydrogen-bond acceptors (Lipinski definition) is 6. The molecule has 2 aromatic carbocycles. The van der Waals surface area contributed by atoms with Crippen LogP contribution in [0.25, 0.3) is 11.4 Å². The number of nitrogens with one attached hydrogen (secondary N) is 1. The Labute approximate surface area is 134 Å². The van der Waals surface area contributed by atoms with Crippen molar-refractivity contribution in [3.63, 3.8) is 0 Å². The van der Waals surface area contributed by atoms with Crippen molar-refractivity contribution in [2.24, 2.45) is 0 Å². The fourth-order valence-corrected chi connectivity index (χ4v) is 2.13. The first kappa shape index (κ1) is 14.9. The van der Waals surface area contributed by atoms with Crippen LogP contribution in [0.2, 0.25) is 0 Å². The van der Waals surface area contributed by atoms with E-state index in [9.17, 15) is 0 Å². The molecule has 0 unspecified atom stereocenters. The SMILES string of the molecule is COc1cccc(CNc2nc(-c3cccc(OC)c3)no2)c1. The first-order valence-electron chi connectivity index (χ1n) is 7.13. The van der Waals surface area contributed by atoms with E-state index in [1.54, 1.807) is 14.2 Å². The fourth-order valence-electron chi connectivity index (χ4n) is 2.13. The minimum Gasteiger partial charge on any atom is -0.497 e.